The van der Waals surface area contributed by atoms with Gasteiger partial charge in [-0.15, -0.1) is 16.4 Å². The molecule has 0 fully saturated rings. The number of amides is 1. The first kappa shape index (κ1) is 18.1. The molecule has 2 aromatic heterocycles. The van der Waals surface area contributed by atoms with E-state index >= 15 is 0 Å². The molecule has 0 saturated carbocycles. The highest BCUT2D eigenvalue weighted by molar-refractivity contribution is 7.10. The number of aromatic nitrogens is 3. The minimum absolute atomic E-state index is 0.0109. The number of halogens is 3. The van der Waals surface area contributed by atoms with Gasteiger partial charge in [-0.1, -0.05) is 11.3 Å². The zero-order valence-electron chi connectivity index (χ0n) is 13.1. The molecule has 1 unspecified atom stereocenters. The minimum atomic E-state index is -4.44. The second-order valence-corrected chi connectivity index (χ2v) is 6.37. The second-order valence-electron chi connectivity index (χ2n) is 5.39. The van der Waals surface area contributed by atoms with Crippen molar-refractivity contribution in [2.24, 2.45) is 0 Å². The number of carbonyl (C=O) groups is 1. The number of nitrogens with one attached hydrogen (secondary N) is 1. The maximum absolute atomic E-state index is 12.5. The van der Waals surface area contributed by atoms with E-state index < -0.39 is 23.8 Å². The van der Waals surface area contributed by atoms with Gasteiger partial charge in [0.05, 0.1) is 18.3 Å². The van der Waals surface area contributed by atoms with E-state index in [4.69, 9.17) is 0 Å². The van der Waals surface area contributed by atoms with E-state index in [9.17, 15) is 23.1 Å². The number of hydrogen-bond donors (Lipinski definition) is 2. The van der Waals surface area contributed by atoms with Crippen LogP contribution >= 0.6 is 11.3 Å². The average molecular weight is 382 g/mol. The molecule has 136 valence electrons. The van der Waals surface area contributed by atoms with E-state index in [0.717, 1.165) is 29.1 Å². The van der Waals surface area contributed by atoms with Crippen LogP contribution in [0.3, 0.4) is 0 Å². The van der Waals surface area contributed by atoms with E-state index in [-0.39, 0.29) is 17.9 Å². The zero-order valence-corrected chi connectivity index (χ0v) is 14.0. The lowest BCUT2D eigenvalue weighted by Gasteiger charge is -2.08. The molecule has 0 aliphatic rings. The van der Waals surface area contributed by atoms with Crippen molar-refractivity contribution in [1.82, 2.24) is 15.0 Å². The van der Waals surface area contributed by atoms with Crippen LogP contribution in [-0.2, 0) is 12.7 Å². The SMILES string of the molecule is O=C(Nc1ccc(C(F)(F)F)cc1)c1cn(CC(O)c2cccs2)nn1. The number of alkyl halides is 3. The maximum Gasteiger partial charge on any atom is 0.416 e. The van der Waals surface area contributed by atoms with Gasteiger partial charge < -0.3 is 10.4 Å². The van der Waals surface area contributed by atoms with Crippen LogP contribution < -0.4 is 5.32 Å². The van der Waals surface area contributed by atoms with Crippen molar-refractivity contribution in [3.63, 3.8) is 0 Å². The number of benzene rings is 1. The number of thiophene rings is 1. The number of rotatable bonds is 5. The van der Waals surface area contributed by atoms with Gasteiger partial charge in [0, 0.05) is 10.6 Å². The highest BCUT2D eigenvalue weighted by atomic mass is 32.1. The summed E-state index contributed by atoms with van der Waals surface area (Å²) in [4.78, 5) is 12.9. The number of hydrogen-bond acceptors (Lipinski definition) is 5. The Kier molecular flexibility index (Phi) is 5.05. The van der Waals surface area contributed by atoms with Gasteiger partial charge in [-0.25, -0.2) is 4.68 Å². The second kappa shape index (κ2) is 7.26. The molecule has 1 atom stereocenters. The minimum Gasteiger partial charge on any atom is -0.386 e. The lowest BCUT2D eigenvalue weighted by atomic mass is 10.2. The Morgan fingerprint density at radius 3 is 2.62 bits per heavy atom. The van der Waals surface area contributed by atoms with Crippen LogP contribution in [0.1, 0.15) is 27.0 Å². The first-order chi connectivity index (χ1) is 12.3. The molecule has 3 rings (SSSR count). The Labute approximate surface area is 149 Å². The fourth-order valence-electron chi connectivity index (χ4n) is 2.18. The average Bonchev–Trinajstić information content (AvgIpc) is 3.26. The standard InChI is InChI=1S/C16H13F3N4O2S/c17-16(18,19)10-3-5-11(6-4-10)20-15(25)12-8-23(22-21-12)9-13(24)14-2-1-7-26-14/h1-8,13,24H,9H2,(H,20,25). The summed E-state index contributed by atoms with van der Waals surface area (Å²) in [5, 5.41) is 21.8. The predicted octanol–water partition coefficient (Wildman–Crippen LogP) is 3.34. The molecule has 0 saturated heterocycles. The molecule has 10 heteroatoms. The molecule has 6 nitrogen and oxygen atoms in total. The van der Waals surface area contributed by atoms with Crippen molar-refractivity contribution >= 4 is 22.9 Å². The topological polar surface area (TPSA) is 80.0 Å². The summed E-state index contributed by atoms with van der Waals surface area (Å²) in [5.74, 6) is -0.610. The number of aliphatic hydroxyl groups excluding tert-OH is 1. The molecule has 26 heavy (non-hydrogen) atoms. The monoisotopic (exact) mass is 382 g/mol. The Morgan fingerprint density at radius 2 is 2.00 bits per heavy atom. The summed E-state index contributed by atoms with van der Waals surface area (Å²) in [6.45, 7) is 0.126. The predicted molar refractivity (Wildman–Crippen MR) is 88.7 cm³/mol. The lowest BCUT2D eigenvalue weighted by molar-refractivity contribution is -0.137. The fourth-order valence-corrected chi connectivity index (χ4v) is 2.88. The van der Waals surface area contributed by atoms with Crippen LogP contribution in [0.2, 0.25) is 0 Å². The highest BCUT2D eigenvalue weighted by Crippen LogP contribution is 2.29. The molecule has 2 N–H and O–H groups in total. The zero-order chi connectivity index (χ0) is 18.7. The van der Waals surface area contributed by atoms with Crippen LogP contribution in [0.4, 0.5) is 18.9 Å². The fraction of sp³-hybridized carbons (Fsp3) is 0.188. The molecule has 1 amide bonds. The summed E-state index contributed by atoms with van der Waals surface area (Å²) in [5.41, 5.74) is -0.608. The molecule has 0 spiro atoms. The van der Waals surface area contributed by atoms with Crippen LogP contribution in [0.25, 0.3) is 0 Å². The van der Waals surface area contributed by atoms with Crippen molar-refractivity contribution in [2.75, 3.05) is 5.32 Å². The summed E-state index contributed by atoms with van der Waals surface area (Å²) in [6.07, 6.45) is -3.85. The Bertz CT molecular complexity index is 876. The lowest BCUT2D eigenvalue weighted by Crippen LogP contribution is -2.13. The molecule has 2 heterocycles. The Balaban J connectivity index is 1.63. The van der Waals surface area contributed by atoms with Gasteiger partial charge in [-0.05, 0) is 35.7 Å². The van der Waals surface area contributed by atoms with Gasteiger partial charge >= 0.3 is 6.18 Å². The normalized spacial score (nSPS) is 12.8. The molecular formula is C16H13F3N4O2S. The van der Waals surface area contributed by atoms with Gasteiger partial charge in [0.25, 0.3) is 5.91 Å². The van der Waals surface area contributed by atoms with E-state index in [2.05, 4.69) is 15.6 Å². The van der Waals surface area contributed by atoms with Crippen LogP contribution in [0.5, 0.6) is 0 Å². The van der Waals surface area contributed by atoms with E-state index in [1.54, 1.807) is 6.07 Å². The van der Waals surface area contributed by atoms with Crippen LogP contribution in [-0.4, -0.2) is 26.0 Å². The Morgan fingerprint density at radius 1 is 1.27 bits per heavy atom. The van der Waals surface area contributed by atoms with Gasteiger partial charge in [0.1, 0.15) is 6.10 Å². The number of nitrogens with zero attached hydrogens (tertiary/aromatic N) is 3. The van der Waals surface area contributed by atoms with E-state index in [0.29, 0.717) is 0 Å². The first-order valence-corrected chi connectivity index (χ1v) is 8.31. The van der Waals surface area contributed by atoms with Crippen molar-refractivity contribution in [1.29, 1.82) is 0 Å². The summed E-state index contributed by atoms with van der Waals surface area (Å²) >= 11 is 1.40. The van der Waals surface area contributed by atoms with Gasteiger partial charge in [0.15, 0.2) is 5.69 Å². The van der Waals surface area contributed by atoms with E-state index in [1.165, 1.54) is 22.2 Å². The van der Waals surface area contributed by atoms with Crippen molar-refractivity contribution in [3.05, 3.63) is 64.1 Å². The molecular weight excluding hydrogens is 369 g/mol. The van der Waals surface area contributed by atoms with Crippen LogP contribution in [0, 0.1) is 0 Å². The number of carbonyl (C=O) groups excluding carboxylic acids is 1. The molecule has 0 bridgehead atoms. The molecule has 0 aliphatic carbocycles. The molecule has 0 radical (unpaired) electrons. The quantitative estimate of drug-likeness (QED) is 0.709. The largest absolute Gasteiger partial charge is 0.416 e. The van der Waals surface area contributed by atoms with Crippen molar-refractivity contribution in [2.45, 2.75) is 18.8 Å². The third kappa shape index (κ3) is 4.27. The van der Waals surface area contributed by atoms with E-state index in [1.807, 2.05) is 11.4 Å². The van der Waals surface area contributed by atoms with Gasteiger partial charge in [-0.2, -0.15) is 13.2 Å². The summed E-state index contributed by atoms with van der Waals surface area (Å²) < 4.78 is 38.9. The highest BCUT2D eigenvalue weighted by Gasteiger charge is 2.30. The van der Waals surface area contributed by atoms with Gasteiger partial charge in [-0.3, -0.25) is 4.79 Å². The first-order valence-electron chi connectivity index (χ1n) is 7.43. The van der Waals surface area contributed by atoms with Gasteiger partial charge in [0.2, 0.25) is 0 Å². The third-order valence-corrected chi connectivity index (χ3v) is 4.45. The van der Waals surface area contributed by atoms with Crippen molar-refractivity contribution < 1.29 is 23.1 Å². The molecule has 3 aromatic rings. The Hall–Kier alpha value is -2.72. The summed E-state index contributed by atoms with van der Waals surface area (Å²) in [7, 11) is 0. The number of aliphatic hydroxyl groups is 1. The smallest absolute Gasteiger partial charge is 0.386 e. The molecule has 0 aliphatic heterocycles. The third-order valence-electron chi connectivity index (χ3n) is 3.47. The maximum atomic E-state index is 12.5. The van der Waals surface area contributed by atoms with Crippen molar-refractivity contribution in [3.8, 4) is 0 Å². The molecule has 1 aromatic carbocycles. The summed E-state index contributed by atoms with van der Waals surface area (Å²) in [6, 6.07) is 7.67. The van der Waals surface area contributed by atoms with Crippen LogP contribution in [0.15, 0.2) is 48.0 Å². The number of anilines is 1.